The summed E-state index contributed by atoms with van der Waals surface area (Å²) >= 11 is 0. The average molecular weight is 310 g/mol. The van der Waals surface area contributed by atoms with E-state index in [2.05, 4.69) is 50.1 Å². The molecule has 5 heteroatoms. The van der Waals surface area contributed by atoms with Crippen LogP contribution in [0.15, 0.2) is 36.7 Å². The lowest BCUT2D eigenvalue weighted by Crippen LogP contribution is -2.39. The van der Waals surface area contributed by atoms with Crippen LogP contribution >= 0.6 is 0 Å². The summed E-state index contributed by atoms with van der Waals surface area (Å²) in [5.74, 6) is 1.11. The molecule has 120 valence electrons. The van der Waals surface area contributed by atoms with E-state index in [-0.39, 0.29) is 0 Å². The van der Waals surface area contributed by atoms with Crippen LogP contribution in [0.3, 0.4) is 0 Å². The van der Waals surface area contributed by atoms with Gasteiger partial charge in [0.05, 0.1) is 18.9 Å². The van der Waals surface area contributed by atoms with Gasteiger partial charge in [-0.15, -0.1) is 0 Å². The molecule has 4 rings (SSSR count). The van der Waals surface area contributed by atoms with E-state index in [0.717, 1.165) is 58.2 Å². The number of rotatable bonds is 3. The highest BCUT2D eigenvalue weighted by atomic mass is 16.5. The first-order valence-corrected chi connectivity index (χ1v) is 8.32. The van der Waals surface area contributed by atoms with Crippen molar-refractivity contribution in [1.82, 2.24) is 14.9 Å². The number of benzene rings is 1. The van der Waals surface area contributed by atoms with Gasteiger partial charge in [-0.2, -0.15) is 0 Å². The van der Waals surface area contributed by atoms with Crippen molar-refractivity contribution in [3.8, 4) is 0 Å². The maximum absolute atomic E-state index is 5.47. The van der Waals surface area contributed by atoms with Crippen molar-refractivity contribution in [3.05, 3.63) is 53.5 Å². The van der Waals surface area contributed by atoms with Crippen LogP contribution in [0.1, 0.15) is 16.8 Å². The summed E-state index contributed by atoms with van der Waals surface area (Å²) in [4.78, 5) is 13.9. The van der Waals surface area contributed by atoms with Gasteiger partial charge in [-0.25, -0.2) is 9.97 Å². The minimum Gasteiger partial charge on any atom is -0.378 e. The molecule has 3 heterocycles. The Hall–Kier alpha value is -1.98. The van der Waals surface area contributed by atoms with Crippen LogP contribution in [0.4, 0.5) is 5.82 Å². The second kappa shape index (κ2) is 6.64. The molecule has 0 saturated carbocycles. The molecule has 2 aliphatic heterocycles. The van der Waals surface area contributed by atoms with Crippen molar-refractivity contribution in [1.29, 1.82) is 0 Å². The number of hydrogen-bond acceptors (Lipinski definition) is 5. The maximum atomic E-state index is 5.47. The van der Waals surface area contributed by atoms with Gasteiger partial charge in [0.15, 0.2) is 0 Å². The fraction of sp³-hybridized carbons (Fsp3) is 0.444. The summed E-state index contributed by atoms with van der Waals surface area (Å²) in [6, 6.07) is 10.7. The van der Waals surface area contributed by atoms with Crippen LogP contribution in [0.25, 0.3) is 0 Å². The Bertz CT molecular complexity index is 655. The molecular formula is C18H22N4O. The summed E-state index contributed by atoms with van der Waals surface area (Å²) in [5, 5.41) is 0. The Morgan fingerprint density at radius 2 is 1.83 bits per heavy atom. The third-order valence-electron chi connectivity index (χ3n) is 4.62. The minimum atomic E-state index is 0.784. The quantitative estimate of drug-likeness (QED) is 0.866. The van der Waals surface area contributed by atoms with E-state index < -0.39 is 0 Å². The lowest BCUT2D eigenvalue weighted by Gasteiger charge is -2.34. The molecule has 0 unspecified atom stereocenters. The van der Waals surface area contributed by atoms with Crippen LogP contribution in [-0.2, 0) is 24.2 Å². The fourth-order valence-electron chi connectivity index (χ4n) is 3.41. The number of hydrogen-bond donors (Lipinski definition) is 0. The predicted octanol–water partition coefficient (Wildman–Crippen LogP) is 1.87. The molecule has 23 heavy (non-hydrogen) atoms. The molecule has 1 aromatic heterocycles. The molecule has 0 aliphatic carbocycles. The molecule has 2 aliphatic rings. The minimum absolute atomic E-state index is 0.784. The Kier molecular flexibility index (Phi) is 4.22. The number of anilines is 1. The van der Waals surface area contributed by atoms with Gasteiger partial charge in [0.25, 0.3) is 0 Å². The van der Waals surface area contributed by atoms with Gasteiger partial charge in [0, 0.05) is 44.7 Å². The number of ether oxygens (including phenoxy) is 1. The van der Waals surface area contributed by atoms with Crippen LogP contribution in [-0.4, -0.2) is 47.7 Å². The van der Waals surface area contributed by atoms with Gasteiger partial charge >= 0.3 is 0 Å². The standard InChI is InChI=1S/C18H22N4O/c1-2-4-15(5-3-1)12-21-7-6-17-16(13-21)18(20-14-19-17)22-8-10-23-11-9-22/h1-5,14H,6-13H2. The predicted molar refractivity (Wildman–Crippen MR) is 89.3 cm³/mol. The van der Waals surface area contributed by atoms with Crippen molar-refractivity contribution in [2.75, 3.05) is 37.7 Å². The monoisotopic (exact) mass is 310 g/mol. The molecular weight excluding hydrogens is 288 g/mol. The van der Waals surface area contributed by atoms with Crippen LogP contribution in [0.5, 0.6) is 0 Å². The van der Waals surface area contributed by atoms with Crippen LogP contribution in [0.2, 0.25) is 0 Å². The molecule has 0 bridgehead atoms. The van der Waals surface area contributed by atoms with E-state index in [0.29, 0.717) is 0 Å². The number of morpholine rings is 1. The second-order valence-electron chi connectivity index (χ2n) is 6.17. The van der Waals surface area contributed by atoms with Gasteiger partial charge < -0.3 is 9.64 Å². The highest BCUT2D eigenvalue weighted by molar-refractivity contribution is 5.49. The van der Waals surface area contributed by atoms with Gasteiger partial charge in [-0.1, -0.05) is 30.3 Å². The topological polar surface area (TPSA) is 41.5 Å². The second-order valence-corrected chi connectivity index (χ2v) is 6.17. The van der Waals surface area contributed by atoms with Gasteiger partial charge in [0.1, 0.15) is 12.1 Å². The summed E-state index contributed by atoms with van der Waals surface area (Å²) in [6.07, 6.45) is 2.72. The summed E-state index contributed by atoms with van der Waals surface area (Å²) in [7, 11) is 0. The average Bonchev–Trinajstić information content (AvgIpc) is 2.63. The van der Waals surface area contributed by atoms with Crippen molar-refractivity contribution in [2.24, 2.45) is 0 Å². The van der Waals surface area contributed by atoms with E-state index >= 15 is 0 Å². The van der Waals surface area contributed by atoms with E-state index in [1.54, 1.807) is 6.33 Å². The fourth-order valence-corrected chi connectivity index (χ4v) is 3.41. The van der Waals surface area contributed by atoms with Crippen molar-refractivity contribution >= 4 is 5.82 Å². The molecule has 1 fully saturated rings. The normalized spacial score (nSPS) is 18.7. The van der Waals surface area contributed by atoms with Crippen molar-refractivity contribution < 1.29 is 4.74 Å². The molecule has 0 N–H and O–H groups in total. The first-order valence-electron chi connectivity index (χ1n) is 8.32. The Morgan fingerprint density at radius 3 is 2.65 bits per heavy atom. The van der Waals surface area contributed by atoms with Crippen molar-refractivity contribution in [3.63, 3.8) is 0 Å². The van der Waals surface area contributed by atoms with E-state index in [4.69, 9.17) is 4.74 Å². The third kappa shape index (κ3) is 3.21. The zero-order valence-electron chi connectivity index (χ0n) is 13.3. The molecule has 2 aromatic rings. The first-order chi connectivity index (χ1) is 11.4. The Morgan fingerprint density at radius 1 is 1.00 bits per heavy atom. The van der Waals surface area contributed by atoms with Gasteiger partial charge in [-0.05, 0) is 5.56 Å². The van der Waals surface area contributed by atoms with E-state index in [1.165, 1.54) is 16.8 Å². The molecule has 0 radical (unpaired) electrons. The van der Waals surface area contributed by atoms with Gasteiger partial charge in [-0.3, -0.25) is 4.90 Å². The lowest BCUT2D eigenvalue weighted by atomic mass is 10.0. The maximum Gasteiger partial charge on any atom is 0.136 e. The number of nitrogens with zero attached hydrogens (tertiary/aromatic N) is 4. The highest BCUT2D eigenvalue weighted by Gasteiger charge is 2.24. The van der Waals surface area contributed by atoms with Crippen molar-refractivity contribution in [2.45, 2.75) is 19.5 Å². The largest absolute Gasteiger partial charge is 0.378 e. The molecule has 0 amide bonds. The SMILES string of the molecule is c1ccc(CN2CCc3ncnc(N4CCOCC4)c3C2)cc1. The van der Waals surface area contributed by atoms with E-state index in [9.17, 15) is 0 Å². The summed E-state index contributed by atoms with van der Waals surface area (Å²) < 4.78 is 5.47. The van der Waals surface area contributed by atoms with E-state index in [1.807, 2.05) is 0 Å². The zero-order valence-corrected chi connectivity index (χ0v) is 13.3. The smallest absolute Gasteiger partial charge is 0.136 e. The van der Waals surface area contributed by atoms with Gasteiger partial charge in [0.2, 0.25) is 0 Å². The Labute approximate surface area is 136 Å². The lowest BCUT2D eigenvalue weighted by molar-refractivity contribution is 0.122. The Balaban J connectivity index is 1.55. The summed E-state index contributed by atoms with van der Waals surface area (Å²) in [6.45, 7) is 6.38. The molecule has 0 spiro atoms. The van der Waals surface area contributed by atoms with Crippen LogP contribution < -0.4 is 4.90 Å². The first kappa shape index (κ1) is 14.6. The summed E-state index contributed by atoms with van der Waals surface area (Å²) in [5.41, 5.74) is 3.88. The van der Waals surface area contributed by atoms with Crippen LogP contribution in [0, 0.1) is 0 Å². The molecule has 0 atom stereocenters. The third-order valence-corrected chi connectivity index (χ3v) is 4.62. The number of fused-ring (bicyclic) bond motifs is 1. The highest BCUT2D eigenvalue weighted by Crippen LogP contribution is 2.27. The molecule has 1 aromatic carbocycles. The molecule has 5 nitrogen and oxygen atoms in total. The number of aromatic nitrogens is 2. The zero-order chi connectivity index (χ0) is 15.5. The molecule has 1 saturated heterocycles.